The molecule has 0 aromatic heterocycles. The molecule has 0 heterocycles. The topological polar surface area (TPSA) is 58.9 Å². The van der Waals surface area contributed by atoms with Gasteiger partial charge in [-0.05, 0) is 38.5 Å². The van der Waals surface area contributed by atoms with Crippen LogP contribution in [-0.4, -0.2) is 23.2 Å². The fourth-order valence-electron chi connectivity index (χ4n) is 2.12. The molecule has 0 fully saturated rings. The maximum absolute atomic E-state index is 10.5. The van der Waals surface area contributed by atoms with Gasteiger partial charge in [-0.3, -0.25) is 0 Å². The smallest absolute Gasteiger partial charge is 0.211 e. The molecule has 4 heteroatoms. The molecule has 4 nitrogen and oxygen atoms in total. The molecule has 0 bridgehead atoms. The van der Waals surface area contributed by atoms with Crippen LogP contribution in [0.15, 0.2) is 9.98 Å². The molecule has 0 aliphatic rings. The monoisotopic (exact) mass is 280 g/mol. The summed E-state index contributed by atoms with van der Waals surface area (Å²) in [5.41, 5.74) is -0.687. The highest BCUT2D eigenvalue weighted by atomic mass is 16.1. The minimum absolute atomic E-state index is 0.299. The van der Waals surface area contributed by atoms with E-state index in [1.165, 1.54) is 0 Å². The van der Waals surface area contributed by atoms with Crippen LogP contribution >= 0.6 is 0 Å². The van der Waals surface area contributed by atoms with E-state index in [0.29, 0.717) is 11.8 Å². The fourth-order valence-corrected chi connectivity index (χ4v) is 2.12. The molecule has 0 spiro atoms. The Bertz CT molecular complexity index is 355. The van der Waals surface area contributed by atoms with Gasteiger partial charge < -0.3 is 0 Å². The van der Waals surface area contributed by atoms with Gasteiger partial charge in [-0.1, -0.05) is 40.5 Å². The molecule has 20 heavy (non-hydrogen) atoms. The SMILES string of the molecule is CC(C)C(C)(CCCCC(C)(N=C=O)C(C)C)N=C=O. The number of hydrogen-bond donors (Lipinski definition) is 0. The van der Waals surface area contributed by atoms with Crippen LogP contribution in [0.4, 0.5) is 0 Å². The van der Waals surface area contributed by atoms with Crippen molar-refractivity contribution in [1.82, 2.24) is 0 Å². The van der Waals surface area contributed by atoms with E-state index in [4.69, 9.17) is 0 Å². The van der Waals surface area contributed by atoms with Gasteiger partial charge in [-0.25, -0.2) is 9.59 Å². The van der Waals surface area contributed by atoms with Crippen LogP contribution < -0.4 is 0 Å². The third-order valence-corrected chi connectivity index (χ3v) is 4.71. The molecular formula is C16H28N2O2. The van der Waals surface area contributed by atoms with Gasteiger partial charge in [0.05, 0.1) is 11.1 Å². The zero-order chi connectivity index (χ0) is 15.8. The average molecular weight is 280 g/mol. The van der Waals surface area contributed by atoms with E-state index in [9.17, 15) is 9.59 Å². The second kappa shape index (κ2) is 8.14. The average Bonchev–Trinajstić information content (AvgIpc) is 2.35. The van der Waals surface area contributed by atoms with Crippen molar-refractivity contribution in [3.63, 3.8) is 0 Å². The van der Waals surface area contributed by atoms with Crippen molar-refractivity contribution in [2.45, 2.75) is 78.3 Å². The molecule has 0 aliphatic heterocycles. The lowest BCUT2D eigenvalue weighted by Gasteiger charge is -2.30. The summed E-state index contributed by atoms with van der Waals surface area (Å²) in [7, 11) is 0. The molecule has 0 radical (unpaired) electrons. The first-order valence-electron chi connectivity index (χ1n) is 7.40. The Morgan fingerprint density at radius 2 is 1.10 bits per heavy atom. The number of unbranched alkanes of at least 4 members (excludes halogenated alkanes) is 1. The van der Waals surface area contributed by atoms with Gasteiger partial charge in [-0.15, -0.1) is 0 Å². The Labute approximate surface area is 122 Å². The van der Waals surface area contributed by atoms with Crippen molar-refractivity contribution >= 4 is 12.2 Å². The lowest BCUT2D eigenvalue weighted by molar-refractivity contribution is 0.279. The summed E-state index contributed by atoms with van der Waals surface area (Å²) in [5, 5.41) is 0. The Morgan fingerprint density at radius 1 is 0.800 bits per heavy atom. The van der Waals surface area contributed by atoms with Crippen LogP contribution in [0.5, 0.6) is 0 Å². The van der Waals surface area contributed by atoms with Crippen LogP contribution in [0.3, 0.4) is 0 Å². The molecule has 0 aromatic carbocycles. The van der Waals surface area contributed by atoms with Crippen LogP contribution in [0.2, 0.25) is 0 Å². The first-order valence-corrected chi connectivity index (χ1v) is 7.40. The molecule has 0 rings (SSSR count). The number of hydrogen-bond acceptors (Lipinski definition) is 4. The van der Waals surface area contributed by atoms with Crippen LogP contribution in [0, 0.1) is 11.8 Å². The number of rotatable bonds is 9. The molecule has 0 saturated carbocycles. The lowest BCUT2D eigenvalue weighted by Crippen LogP contribution is -2.30. The summed E-state index contributed by atoms with van der Waals surface area (Å²) in [4.78, 5) is 29.0. The Morgan fingerprint density at radius 3 is 1.30 bits per heavy atom. The van der Waals surface area contributed by atoms with Crippen molar-refractivity contribution in [2.24, 2.45) is 21.8 Å². The summed E-state index contributed by atoms with van der Waals surface area (Å²) in [6.07, 6.45) is 6.98. The van der Waals surface area contributed by atoms with Crippen LogP contribution in [0.1, 0.15) is 67.2 Å². The molecule has 0 saturated heterocycles. The van der Waals surface area contributed by atoms with E-state index in [1.54, 1.807) is 12.2 Å². The van der Waals surface area contributed by atoms with Gasteiger partial charge in [0.1, 0.15) is 0 Å². The maximum atomic E-state index is 10.5. The van der Waals surface area contributed by atoms with Crippen LogP contribution in [0.25, 0.3) is 0 Å². The normalized spacial score (nSPS) is 17.0. The molecule has 0 N–H and O–H groups in total. The summed E-state index contributed by atoms with van der Waals surface area (Å²) < 4.78 is 0. The summed E-state index contributed by atoms with van der Waals surface area (Å²) in [6, 6.07) is 0. The highest BCUT2D eigenvalue weighted by Gasteiger charge is 2.30. The molecule has 114 valence electrons. The Hall–Kier alpha value is -1.24. The van der Waals surface area contributed by atoms with E-state index in [2.05, 4.69) is 37.7 Å². The molecule has 2 atom stereocenters. The van der Waals surface area contributed by atoms with Crippen molar-refractivity contribution in [1.29, 1.82) is 0 Å². The number of carbonyl (C=O) groups excluding carboxylic acids is 2. The highest BCUT2D eigenvalue weighted by Crippen LogP contribution is 2.31. The van der Waals surface area contributed by atoms with Gasteiger partial charge >= 0.3 is 0 Å². The predicted molar refractivity (Wildman–Crippen MR) is 81.2 cm³/mol. The number of isocyanates is 2. The minimum Gasteiger partial charge on any atom is -0.211 e. The Balaban J connectivity index is 4.51. The van der Waals surface area contributed by atoms with E-state index in [0.717, 1.165) is 25.7 Å². The van der Waals surface area contributed by atoms with E-state index in [1.807, 2.05) is 13.8 Å². The third kappa shape index (κ3) is 5.40. The van der Waals surface area contributed by atoms with E-state index < -0.39 is 0 Å². The molecule has 0 aliphatic carbocycles. The minimum atomic E-state index is -0.343. The zero-order valence-corrected chi connectivity index (χ0v) is 13.7. The predicted octanol–water partition coefficient (Wildman–Crippen LogP) is 4.05. The van der Waals surface area contributed by atoms with Crippen molar-refractivity contribution in [3.8, 4) is 0 Å². The van der Waals surface area contributed by atoms with E-state index >= 15 is 0 Å². The quantitative estimate of drug-likeness (QED) is 0.363. The summed E-state index contributed by atoms with van der Waals surface area (Å²) >= 11 is 0. The standard InChI is InChI=1S/C16H28N2O2/c1-13(2)15(5,17-11-19)9-7-8-10-16(6,14(3)4)18-12-20/h13-14H,7-10H2,1-6H3. The highest BCUT2D eigenvalue weighted by molar-refractivity contribution is 5.35. The largest absolute Gasteiger partial charge is 0.235 e. The molecule has 2 unspecified atom stereocenters. The maximum Gasteiger partial charge on any atom is 0.235 e. The van der Waals surface area contributed by atoms with Gasteiger partial charge in [0.25, 0.3) is 0 Å². The van der Waals surface area contributed by atoms with Gasteiger partial charge in [0, 0.05) is 0 Å². The first-order chi connectivity index (χ1) is 9.22. The second-order valence-corrected chi connectivity index (χ2v) is 6.64. The van der Waals surface area contributed by atoms with Gasteiger partial charge in [0.15, 0.2) is 0 Å². The van der Waals surface area contributed by atoms with E-state index in [-0.39, 0.29) is 11.1 Å². The van der Waals surface area contributed by atoms with Gasteiger partial charge in [-0.2, -0.15) is 9.98 Å². The van der Waals surface area contributed by atoms with Gasteiger partial charge in [0.2, 0.25) is 12.2 Å². The fraction of sp³-hybridized carbons (Fsp3) is 0.875. The lowest BCUT2D eigenvalue weighted by atomic mass is 9.81. The Kier molecular flexibility index (Phi) is 7.63. The van der Waals surface area contributed by atoms with Crippen molar-refractivity contribution in [3.05, 3.63) is 0 Å². The third-order valence-electron chi connectivity index (χ3n) is 4.71. The van der Waals surface area contributed by atoms with Crippen molar-refractivity contribution in [2.75, 3.05) is 0 Å². The number of aliphatic imine (C=N–C) groups is 2. The summed E-state index contributed by atoms with van der Waals surface area (Å²) in [6.45, 7) is 12.2. The molecular weight excluding hydrogens is 252 g/mol. The second-order valence-electron chi connectivity index (χ2n) is 6.64. The molecule has 0 amide bonds. The van der Waals surface area contributed by atoms with Crippen LogP contribution in [-0.2, 0) is 9.59 Å². The number of nitrogens with zero attached hydrogens (tertiary/aromatic N) is 2. The first kappa shape index (κ1) is 18.8. The molecule has 0 aromatic rings. The summed E-state index contributed by atoms with van der Waals surface area (Å²) in [5.74, 6) is 0.599. The van der Waals surface area contributed by atoms with Crippen molar-refractivity contribution < 1.29 is 9.59 Å². The zero-order valence-electron chi connectivity index (χ0n) is 13.7.